The monoisotopic (exact) mass is 438 g/mol. The molecule has 0 spiro atoms. The smallest absolute Gasteiger partial charge is 0.193 e. The predicted octanol–water partition coefficient (Wildman–Crippen LogP) is 3.08. The first-order valence-electron chi connectivity index (χ1n) is 7.81. The van der Waals surface area contributed by atoms with Gasteiger partial charge in [-0.2, -0.15) is 0 Å². The van der Waals surface area contributed by atoms with Crippen molar-refractivity contribution in [2.75, 3.05) is 44.7 Å². The zero-order chi connectivity index (χ0) is 15.9. The molecule has 1 fully saturated rings. The average Bonchev–Trinajstić information content (AvgIpc) is 2.54. The number of hydrogen-bond donors (Lipinski definition) is 1. The van der Waals surface area contributed by atoms with Gasteiger partial charge in [-0.25, -0.2) is 8.78 Å². The van der Waals surface area contributed by atoms with E-state index in [2.05, 4.69) is 22.1 Å². The minimum Gasteiger partial charge on any atom is -0.366 e. The maximum atomic E-state index is 13.8. The lowest BCUT2D eigenvalue weighted by molar-refractivity contribution is 0.370. The highest BCUT2D eigenvalue weighted by atomic mass is 127. The largest absolute Gasteiger partial charge is 0.366 e. The lowest BCUT2D eigenvalue weighted by Gasteiger charge is -2.37. The molecule has 0 saturated carbocycles. The molecule has 130 valence electrons. The van der Waals surface area contributed by atoms with Gasteiger partial charge in [0, 0.05) is 45.8 Å². The fraction of sp³-hybridized carbons (Fsp3) is 0.562. The number of aliphatic imine (C=N–C) groups is 1. The summed E-state index contributed by atoms with van der Waals surface area (Å²) in [7, 11) is 1.77. The van der Waals surface area contributed by atoms with Crippen LogP contribution in [-0.2, 0) is 0 Å². The van der Waals surface area contributed by atoms with Gasteiger partial charge in [-0.15, -0.1) is 24.0 Å². The van der Waals surface area contributed by atoms with Crippen LogP contribution < -0.4 is 10.2 Å². The van der Waals surface area contributed by atoms with Crippen molar-refractivity contribution in [3.63, 3.8) is 0 Å². The van der Waals surface area contributed by atoms with Crippen LogP contribution in [0, 0.1) is 11.6 Å². The van der Waals surface area contributed by atoms with Crippen LogP contribution in [0.15, 0.2) is 23.2 Å². The highest BCUT2D eigenvalue weighted by Crippen LogP contribution is 2.21. The van der Waals surface area contributed by atoms with E-state index < -0.39 is 5.82 Å². The Morgan fingerprint density at radius 3 is 2.52 bits per heavy atom. The molecule has 0 amide bonds. The second-order valence-electron chi connectivity index (χ2n) is 5.40. The minimum absolute atomic E-state index is 0. The molecule has 1 heterocycles. The molecule has 1 aliphatic heterocycles. The van der Waals surface area contributed by atoms with Crippen molar-refractivity contribution in [2.24, 2.45) is 4.99 Å². The molecule has 0 unspecified atom stereocenters. The highest BCUT2D eigenvalue weighted by molar-refractivity contribution is 14.0. The molecule has 1 N–H and O–H groups in total. The van der Waals surface area contributed by atoms with Crippen molar-refractivity contribution in [3.8, 4) is 0 Å². The van der Waals surface area contributed by atoms with Gasteiger partial charge in [-0.1, -0.05) is 13.3 Å². The molecule has 0 atom stereocenters. The van der Waals surface area contributed by atoms with Crippen molar-refractivity contribution in [3.05, 3.63) is 29.8 Å². The fourth-order valence-electron chi connectivity index (χ4n) is 2.60. The zero-order valence-corrected chi connectivity index (χ0v) is 16.0. The Kier molecular flexibility index (Phi) is 8.57. The normalized spacial score (nSPS) is 15.4. The first kappa shape index (κ1) is 19.9. The van der Waals surface area contributed by atoms with Gasteiger partial charge in [0.05, 0.1) is 5.69 Å². The van der Waals surface area contributed by atoms with E-state index in [1.165, 1.54) is 12.1 Å². The number of unbranched alkanes of at least 4 members (excludes halogenated alkanes) is 1. The molecule has 1 aliphatic rings. The number of piperazine rings is 1. The third-order valence-electron chi connectivity index (χ3n) is 3.85. The number of anilines is 1. The van der Waals surface area contributed by atoms with E-state index in [-0.39, 0.29) is 29.8 Å². The van der Waals surface area contributed by atoms with Crippen LogP contribution in [0.3, 0.4) is 0 Å². The summed E-state index contributed by atoms with van der Waals surface area (Å²) in [4.78, 5) is 8.33. The molecule has 0 aromatic heterocycles. The van der Waals surface area contributed by atoms with Gasteiger partial charge in [-0.3, -0.25) is 4.99 Å². The van der Waals surface area contributed by atoms with E-state index >= 15 is 0 Å². The highest BCUT2D eigenvalue weighted by Gasteiger charge is 2.21. The van der Waals surface area contributed by atoms with Gasteiger partial charge in [0.2, 0.25) is 0 Å². The van der Waals surface area contributed by atoms with Crippen molar-refractivity contribution < 1.29 is 8.78 Å². The average molecular weight is 438 g/mol. The van der Waals surface area contributed by atoms with E-state index in [9.17, 15) is 8.78 Å². The van der Waals surface area contributed by atoms with Crippen molar-refractivity contribution in [2.45, 2.75) is 19.8 Å². The summed E-state index contributed by atoms with van der Waals surface area (Å²) in [6, 6.07) is 3.59. The van der Waals surface area contributed by atoms with Crippen molar-refractivity contribution in [1.29, 1.82) is 0 Å². The van der Waals surface area contributed by atoms with Gasteiger partial charge >= 0.3 is 0 Å². The van der Waals surface area contributed by atoms with Crippen LogP contribution in [0.25, 0.3) is 0 Å². The molecule has 7 heteroatoms. The van der Waals surface area contributed by atoms with E-state index in [1.54, 1.807) is 7.05 Å². The number of halogens is 3. The summed E-state index contributed by atoms with van der Waals surface area (Å²) in [6.07, 6.45) is 2.24. The van der Waals surface area contributed by atoms with Crippen molar-refractivity contribution >= 4 is 35.6 Å². The number of hydrogen-bond acceptors (Lipinski definition) is 2. The first-order valence-corrected chi connectivity index (χ1v) is 7.81. The minimum atomic E-state index is -0.407. The van der Waals surface area contributed by atoms with Gasteiger partial charge in [0.15, 0.2) is 5.96 Å². The predicted molar refractivity (Wildman–Crippen MR) is 102 cm³/mol. The molecule has 4 nitrogen and oxygen atoms in total. The maximum absolute atomic E-state index is 13.8. The van der Waals surface area contributed by atoms with Gasteiger partial charge in [-0.05, 0) is 18.6 Å². The molecular weight excluding hydrogens is 413 g/mol. The quantitative estimate of drug-likeness (QED) is 0.339. The Labute approximate surface area is 154 Å². The van der Waals surface area contributed by atoms with E-state index in [4.69, 9.17) is 0 Å². The third kappa shape index (κ3) is 5.47. The van der Waals surface area contributed by atoms with E-state index in [0.29, 0.717) is 18.8 Å². The lowest BCUT2D eigenvalue weighted by atomic mass is 10.2. The third-order valence-corrected chi connectivity index (χ3v) is 3.85. The molecule has 2 rings (SSSR count). The number of nitrogens with zero attached hydrogens (tertiary/aromatic N) is 3. The zero-order valence-electron chi connectivity index (χ0n) is 13.7. The SMILES string of the molecule is CCCCNC(=NC)N1CCN(c2cc(F)ccc2F)CC1.I. The van der Waals surface area contributed by atoms with Gasteiger partial charge in [0.1, 0.15) is 11.6 Å². The van der Waals surface area contributed by atoms with E-state index in [1.807, 2.05) is 4.90 Å². The molecular formula is C16H25F2IN4. The molecule has 0 bridgehead atoms. The summed E-state index contributed by atoms with van der Waals surface area (Å²) in [5.74, 6) is 0.101. The summed E-state index contributed by atoms with van der Waals surface area (Å²) in [5, 5.41) is 3.34. The summed E-state index contributed by atoms with van der Waals surface area (Å²) >= 11 is 0. The molecule has 1 aromatic carbocycles. The Morgan fingerprint density at radius 2 is 1.91 bits per heavy atom. The second kappa shape index (κ2) is 9.89. The molecule has 0 aliphatic carbocycles. The number of nitrogens with one attached hydrogen (secondary N) is 1. The van der Waals surface area contributed by atoms with Gasteiger partial charge in [0.25, 0.3) is 0 Å². The summed E-state index contributed by atoms with van der Waals surface area (Å²) in [6.45, 7) is 5.83. The van der Waals surface area contributed by atoms with Crippen LogP contribution in [0.2, 0.25) is 0 Å². The Bertz CT molecular complexity index is 517. The van der Waals surface area contributed by atoms with Crippen LogP contribution >= 0.6 is 24.0 Å². The topological polar surface area (TPSA) is 30.9 Å². The summed E-state index contributed by atoms with van der Waals surface area (Å²) < 4.78 is 27.1. The van der Waals surface area contributed by atoms with Gasteiger partial charge < -0.3 is 15.1 Å². The fourth-order valence-corrected chi connectivity index (χ4v) is 2.60. The van der Waals surface area contributed by atoms with Crippen LogP contribution in [-0.4, -0.2) is 50.6 Å². The lowest BCUT2D eigenvalue weighted by Crippen LogP contribution is -2.52. The molecule has 1 aromatic rings. The van der Waals surface area contributed by atoms with E-state index in [0.717, 1.165) is 44.5 Å². The van der Waals surface area contributed by atoms with Crippen LogP contribution in [0.4, 0.5) is 14.5 Å². The number of rotatable bonds is 4. The Hall–Kier alpha value is -1.12. The second-order valence-corrected chi connectivity index (χ2v) is 5.40. The molecule has 1 saturated heterocycles. The molecule has 0 radical (unpaired) electrons. The number of guanidine groups is 1. The van der Waals surface area contributed by atoms with Crippen LogP contribution in [0.1, 0.15) is 19.8 Å². The standard InChI is InChI=1S/C16H24F2N4.HI/c1-3-4-7-20-16(19-2)22-10-8-21(9-11-22)15-12-13(17)5-6-14(15)18;/h5-6,12H,3-4,7-11H2,1-2H3,(H,19,20);1H. The Balaban J connectivity index is 0.00000264. The van der Waals surface area contributed by atoms with Crippen molar-refractivity contribution in [1.82, 2.24) is 10.2 Å². The van der Waals surface area contributed by atoms with Crippen LogP contribution in [0.5, 0.6) is 0 Å². The summed E-state index contributed by atoms with van der Waals surface area (Å²) in [5.41, 5.74) is 0.341. The molecule has 23 heavy (non-hydrogen) atoms. The number of benzene rings is 1. The Morgan fingerprint density at radius 1 is 1.22 bits per heavy atom. The maximum Gasteiger partial charge on any atom is 0.193 e. The first-order chi connectivity index (χ1) is 10.7.